The molecule has 7 nitrogen and oxygen atoms in total. The van der Waals surface area contributed by atoms with E-state index in [1.807, 2.05) is 23.1 Å². The van der Waals surface area contributed by atoms with E-state index in [1.54, 1.807) is 14.2 Å². The average Bonchev–Trinajstić information content (AvgIpc) is 3.54. The third-order valence-corrected chi connectivity index (χ3v) is 7.36. The standard InChI is InChI=1S/C27H35N3O4/c1-32-22-6-7-23(26(17-22)33-2)24-4-3-10-30(24)27(31)19-29-13-11-28(12-14-29)18-20-5-8-25-21(16-20)9-15-34-25/h5-8,16-17,24H,3-4,9-15,18-19H2,1-2H3. The van der Waals surface area contributed by atoms with Crippen molar-refractivity contribution in [2.45, 2.75) is 31.8 Å². The maximum absolute atomic E-state index is 13.3. The van der Waals surface area contributed by atoms with E-state index >= 15 is 0 Å². The summed E-state index contributed by atoms with van der Waals surface area (Å²) in [5, 5.41) is 0. The number of nitrogens with zero attached hydrogens (tertiary/aromatic N) is 3. The molecule has 2 saturated heterocycles. The molecule has 0 spiro atoms. The second kappa shape index (κ2) is 10.2. The van der Waals surface area contributed by atoms with Crippen molar-refractivity contribution in [1.29, 1.82) is 0 Å². The molecule has 0 bridgehead atoms. The van der Waals surface area contributed by atoms with E-state index in [4.69, 9.17) is 14.2 Å². The molecule has 182 valence electrons. The molecule has 1 unspecified atom stereocenters. The van der Waals surface area contributed by atoms with E-state index in [-0.39, 0.29) is 11.9 Å². The summed E-state index contributed by atoms with van der Waals surface area (Å²) in [6.45, 7) is 6.86. The monoisotopic (exact) mass is 465 g/mol. The third-order valence-electron chi connectivity index (χ3n) is 7.36. The molecule has 0 aromatic heterocycles. The van der Waals surface area contributed by atoms with Gasteiger partial charge in [0.2, 0.25) is 5.91 Å². The topological polar surface area (TPSA) is 54.5 Å². The van der Waals surface area contributed by atoms with E-state index in [1.165, 1.54) is 11.1 Å². The number of likely N-dealkylation sites (tertiary alicyclic amines) is 1. The number of carbonyl (C=O) groups excluding carboxylic acids is 1. The van der Waals surface area contributed by atoms with Gasteiger partial charge in [-0.05, 0) is 42.2 Å². The molecule has 2 aromatic rings. The fourth-order valence-corrected chi connectivity index (χ4v) is 5.47. The molecule has 34 heavy (non-hydrogen) atoms. The van der Waals surface area contributed by atoms with Gasteiger partial charge in [0.15, 0.2) is 0 Å². The summed E-state index contributed by atoms with van der Waals surface area (Å²) in [5.74, 6) is 2.81. The summed E-state index contributed by atoms with van der Waals surface area (Å²) in [7, 11) is 3.33. The third kappa shape index (κ3) is 4.86. The van der Waals surface area contributed by atoms with Gasteiger partial charge in [-0.25, -0.2) is 0 Å². The first-order valence-corrected chi connectivity index (χ1v) is 12.4. The maximum atomic E-state index is 13.3. The lowest BCUT2D eigenvalue weighted by Crippen LogP contribution is -2.49. The summed E-state index contributed by atoms with van der Waals surface area (Å²) in [6.07, 6.45) is 3.00. The van der Waals surface area contributed by atoms with Gasteiger partial charge in [0, 0.05) is 57.3 Å². The Hall–Kier alpha value is -2.77. The van der Waals surface area contributed by atoms with Gasteiger partial charge in [-0.2, -0.15) is 0 Å². The molecular weight excluding hydrogens is 430 g/mol. The fourth-order valence-electron chi connectivity index (χ4n) is 5.47. The minimum atomic E-state index is 0.0680. The predicted molar refractivity (Wildman–Crippen MR) is 131 cm³/mol. The van der Waals surface area contributed by atoms with Gasteiger partial charge < -0.3 is 19.1 Å². The Balaban J connectivity index is 1.15. The van der Waals surface area contributed by atoms with Gasteiger partial charge in [0.05, 0.1) is 33.4 Å². The Morgan fingerprint density at radius 2 is 1.82 bits per heavy atom. The van der Waals surface area contributed by atoms with E-state index < -0.39 is 0 Å². The molecule has 3 aliphatic rings. The second-order valence-corrected chi connectivity index (χ2v) is 9.45. The van der Waals surface area contributed by atoms with Gasteiger partial charge in [-0.3, -0.25) is 14.6 Å². The molecule has 1 amide bonds. The molecule has 3 heterocycles. The smallest absolute Gasteiger partial charge is 0.237 e. The molecule has 0 saturated carbocycles. The Labute approximate surface area is 202 Å². The van der Waals surface area contributed by atoms with E-state index in [0.29, 0.717) is 6.54 Å². The van der Waals surface area contributed by atoms with Crippen LogP contribution in [0.3, 0.4) is 0 Å². The molecule has 0 N–H and O–H groups in total. The lowest BCUT2D eigenvalue weighted by Gasteiger charge is -2.36. The highest BCUT2D eigenvalue weighted by molar-refractivity contribution is 5.79. The largest absolute Gasteiger partial charge is 0.497 e. The van der Waals surface area contributed by atoms with Crippen molar-refractivity contribution < 1.29 is 19.0 Å². The number of benzene rings is 2. The molecule has 0 aliphatic carbocycles. The van der Waals surface area contributed by atoms with Crippen molar-refractivity contribution in [2.75, 3.05) is 60.1 Å². The minimum absolute atomic E-state index is 0.0680. The van der Waals surface area contributed by atoms with E-state index in [9.17, 15) is 4.79 Å². The Bertz CT molecular complexity index is 1020. The predicted octanol–water partition coefficient (Wildman–Crippen LogP) is 3.12. The highest BCUT2D eigenvalue weighted by Crippen LogP contribution is 2.38. The quantitative estimate of drug-likeness (QED) is 0.626. The van der Waals surface area contributed by atoms with E-state index in [0.717, 1.165) is 87.9 Å². The van der Waals surface area contributed by atoms with Gasteiger partial charge in [-0.1, -0.05) is 12.1 Å². The van der Waals surface area contributed by atoms with Crippen molar-refractivity contribution in [3.63, 3.8) is 0 Å². The van der Waals surface area contributed by atoms with Gasteiger partial charge >= 0.3 is 0 Å². The average molecular weight is 466 g/mol. The van der Waals surface area contributed by atoms with Crippen molar-refractivity contribution in [2.24, 2.45) is 0 Å². The summed E-state index contributed by atoms with van der Waals surface area (Å²) in [6, 6.07) is 12.5. The zero-order chi connectivity index (χ0) is 23.5. The number of hydrogen-bond donors (Lipinski definition) is 0. The first-order valence-electron chi connectivity index (χ1n) is 12.4. The van der Waals surface area contributed by atoms with Gasteiger partial charge in [-0.15, -0.1) is 0 Å². The van der Waals surface area contributed by atoms with Crippen molar-refractivity contribution in [3.8, 4) is 17.2 Å². The number of fused-ring (bicyclic) bond motifs is 1. The number of ether oxygens (including phenoxy) is 3. The zero-order valence-electron chi connectivity index (χ0n) is 20.3. The number of rotatable bonds is 7. The number of carbonyl (C=O) groups is 1. The van der Waals surface area contributed by atoms with Crippen LogP contribution in [0.5, 0.6) is 17.2 Å². The van der Waals surface area contributed by atoms with Gasteiger partial charge in [0.1, 0.15) is 17.2 Å². The highest BCUT2D eigenvalue weighted by Gasteiger charge is 2.33. The minimum Gasteiger partial charge on any atom is -0.497 e. The van der Waals surface area contributed by atoms with Crippen LogP contribution in [0.1, 0.15) is 35.6 Å². The molecule has 2 fully saturated rings. The zero-order valence-corrected chi connectivity index (χ0v) is 20.3. The molecule has 7 heteroatoms. The Kier molecular flexibility index (Phi) is 6.92. The normalized spacial score (nSPS) is 20.8. The van der Waals surface area contributed by atoms with E-state index in [2.05, 4.69) is 28.0 Å². The maximum Gasteiger partial charge on any atom is 0.237 e. The highest BCUT2D eigenvalue weighted by atomic mass is 16.5. The SMILES string of the molecule is COc1ccc(C2CCCN2C(=O)CN2CCN(Cc3ccc4c(c3)CCO4)CC2)c(OC)c1. The first kappa shape index (κ1) is 23.0. The molecule has 1 atom stereocenters. The van der Waals surface area contributed by atoms with Crippen molar-refractivity contribution in [3.05, 3.63) is 53.1 Å². The molecule has 2 aromatic carbocycles. The second-order valence-electron chi connectivity index (χ2n) is 9.45. The van der Waals surface area contributed by atoms with Crippen molar-refractivity contribution in [1.82, 2.24) is 14.7 Å². The number of amides is 1. The Morgan fingerprint density at radius 1 is 1.00 bits per heavy atom. The Morgan fingerprint density at radius 3 is 2.62 bits per heavy atom. The summed E-state index contributed by atoms with van der Waals surface area (Å²) < 4.78 is 16.6. The molecule has 0 radical (unpaired) electrons. The first-order chi connectivity index (χ1) is 16.6. The molecule has 5 rings (SSSR count). The number of methoxy groups -OCH3 is 2. The molecular formula is C27H35N3O4. The number of hydrogen-bond acceptors (Lipinski definition) is 6. The molecule has 3 aliphatic heterocycles. The lowest BCUT2D eigenvalue weighted by molar-refractivity contribution is -0.133. The van der Waals surface area contributed by atoms with Crippen LogP contribution in [0.2, 0.25) is 0 Å². The van der Waals surface area contributed by atoms with Gasteiger partial charge in [0.25, 0.3) is 0 Å². The van der Waals surface area contributed by atoms with Crippen LogP contribution >= 0.6 is 0 Å². The van der Waals surface area contributed by atoms with Crippen LogP contribution in [-0.2, 0) is 17.8 Å². The van der Waals surface area contributed by atoms with Crippen LogP contribution in [0, 0.1) is 0 Å². The number of piperazine rings is 1. The van der Waals surface area contributed by atoms with Crippen LogP contribution in [-0.4, -0.2) is 80.7 Å². The fraction of sp³-hybridized carbons (Fsp3) is 0.519. The van der Waals surface area contributed by atoms with Crippen LogP contribution in [0.25, 0.3) is 0 Å². The summed E-state index contributed by atoms with van der Waals surface area (Å²) in [5.41, 5.74) is 3.75. The van der Waals surface area contributed by atoms with Crippen LogP contribution < -0.4 is 14.2 Å². The summed E-state index contributed by atoms with van der Waals surface area (Å²) >= 11 is 0. The van der Waals surface area contributed by atoms with Crippen LogP contribution in [0.15, 0.2) is 36.4 Å². The summed E-state index contributed by atoms with van der Waals surface area (Å²) in [4.78, 5) is 20.1. The lowest BCUT2D eigenvalue weighted by atomic mass is 10.0. The van der Waals surface area contributed by atoms with Crippen molar-refractivity contribution >= 4 is 5.91 Å². The van der Waals surface area contributed by atoms with Crippen LogP contribution in [0.4, 0.5) is 0 Å².